The summed E-state index contributed by atoms with van der Waals surface area (Å²) in [4.78, 5) is 21.7. The molecule has 1 unspecified atom stereocenters. The molecule has 3 atom stereocenters. The van der Waals surface area contributed by atoms with Gasteiger partial charge in [0.1, 0.15) is 0 Å². The third-order valence-electron chi connectivity index (χ3n) is 3.58. The zero-order valence-electron chi connectivity index (χ0n) is 8.49. The van der Waals surface area contributed by atoms with E-state index in [-0.39, 0.29) is 11.8 Å². The minimum atomic E-state index is -0.811. The molecule has 0 amide bonds. The molecule has 1 aliphatic carbocycles. The molecular weight excluding hydrogens is 184 g/mol. The van der Waals surface area contributed by atoms with Crippen molar-refractivity contribution in [2.24, 2.45) is 17.3 Å². The van der Waals surface area contributed by atoms with Crippen LogP contribution in [0.3, 0.4) is 0 Å². The topological polar surface area (TPSA) is 74.6 Å². The highest BCUT2D eigenvalue weighted by molar-refractivity contribution is 5.76. The molecule has 0 aromatic heterocycles. The molecule has 1 aliphatic rings. The smallest absolute Gasteiger partial charge is 0.309 e. The van der Waals surface area contributed by atoms with Crippen molar-refractivity contribution in [1.29, 1.82) is 0 Å². The Morgan fingerprint density at radius 1 is 1.36 bits per heavy atom. The highest BCUT2D eigenvalue weighted by Crippen LogP contribution is 2.43. The Morgan fingerprint density at radius 3 is 2.29 bits per heavy atom. The maximum Gasteiger partial charge on any atom is 0.309 e. The van der Waals surface area contributed by atoms with Crippen molar-refractivity contribution in [1.82, 2.24) is 0 Å². The van der Waals surface area contributed by atoms with E-state index < -0.39 is 17.4 Å². The number of rotatable bonds is 2. The lowest BCUT2D eigenvalue weighted by molar-refractivity contribution is -0.158. The molecule has 0 radical (unpaired) electrons. The molecule has 0 aromatic rings. The van der Waals surface area contributed by atoms with Gasteiger partial charge in [-0.25, -0.2) is 0 Å². The standard InChI is InChI=1S/C10H16O4/c1-6-5-7(8(11)12)3-4-10(6,2)9(13)14/h6-7H,3-5H2,1-2H3,(H,11,12)(H,13,14)/t6?,7-,10+/m0/s1. The average Bonchev–Trinajstić information content (AvgIpc) is 2.09. The van der Waals surface area contributed by atoms with Gasteiger partial charge in [0.15, 0.2) is 0 Å². The van der Waals surface area contributed by atoms with Crippen LogP contribution in [0.4, 0.5) is 0 Å². The summed E-state index contributed by atoms with van der Waals surface area (Å²) in [6.07, 6.45) is 1.40. The molecular formula is C10H16O4. The van der Waals surface area contributed by atoms with Crippen LogP contribution in [-0.2, 0) is 9.59 Å². The van der Waals surface area contributed by atoms with Gasteiger partial charge in [-0.3, -0.25) is 9.59 Å². The summed E-state index contributed by atoms with van der Waals surface area (Å²) < 4.78 is 0. The highest BCUT2D eigenvalue weighted by atomic mass is 16.4. The number of hydrogen-bond acceptors (Lipinski definition) is 2. The van der Waals surface area contributed by atoms with E-state index in [2.05, 4.69) is 0 Å². The van der Waals surface area contributed by atoms with Crippen molar-refractivity contribution in [3.05, 3.63) is 0 Å². The van der Waals surface area contributed by atoms with Crippen LogP contribution in [0.2, 0.25) is 0 Å². The first-order chi connectivity index (χ1) is 6.38. The van der Waals surface area contributed by atoms with E-state index in [0.717, 1.165) is 0 Å². The Kier molecular flexibility index (Phi) is 2.83. The fourth-order valence-electron chi connectivity index (χ4n) is 2.07. The summed E-state index contributed by atoms with van der Waals surface area (Å²) in [6.45, 7) is 3.53. The fourth-order valence-corrected chi connectivity index (χ4v) is 2.07. The highest BCUT2D eigenvalue weighted by Gasteiger charge is 2.44. The first-order valence-corrected chi connectivity index (χ1v) is 4.84. The van der Waals surface area contributed by atoms with Gasteiger partial charge in [-0.2, -0.15) is 0 Å². The van der Waals surface area contributed by atoms with Gasteiger partial charge in [0.25, 0.3) is 0 Å². The summed E-state index contributed by atoms with van der Waals surface area (Å²) in [5.74, 6) is -2.05. The van der Waals surface area contributed by atoms with Gasteiger partial charge < -0.3 is 10.2 Å². The third kappa shape index (κ3) is 1.74. The minimum absolute atomic E-state index is 0.0742. The van der Waals surface area contributed by atoms with Crippen LogP contribution in [0.5, 0.6) is 0 Å². The van der Waals surface area contributed by atoms with Crippen LogP contribution in [-0.4, -0.2) is 22.2 Å². The Hall–Kier alpha value is -1.06. The fraction of sp³-hybridized carbons (Fsp3) is 0.800. The van der Waals surface area contributed by atoms with E-state index in [0.29, 0.717) is 19.3 Å². The van der Waals surface area contributed by atoms with E-state index in [1.54, 1.807) is 6.92 Å². The second-order valence-electron chi connectivity index (χ2n) is 4.43. The number of carboxylic acid groups (broad SMARTS) is 2. The second kappa shape index (κ2) is 3.59. The lowest BCUT2D eigenvalue weighted by Gasteiger charge is -2.38. The van der Waals surface area contributed by atoms with E-state index in [1.165, 1.54) is 0 Å². The first kappa shape index (κ1) is 11.0. The molecule has 4 heteroatoms. The number of hydrogen-bond donors (Lipinski definition) is 2. The Bertz CT molecular complexity index is 261. The van der Waals surface area contributed by atoms with Crippen molar-refractivity contribution in [2.75, 3.05) is 0 Å². The molecule has 1 rings (SSSR count). The largest absolute Gasteiger partial charge is 0.481 e. The van der Waals surface area contributed by atoms with Gasteiger partial charge in [0.2, 0.25) is 0 Å². The molecule has 0 bridgehead atoms. The summed E-state index contributed by atoms with van der Waals surface area (Å²) >= 11 is 0. The molecule has 0 spiro atoms. The van der Waals surface area contributed by atoms with Gasteiger partial charge in [-0.05, 0) is 32.1 Å². The van der Waals surface area contributed by atoms with Crippen LogP contribution in [0, 0.1) is 17.3 Å². The summed E-state index contributed by atoms with van der Waals surface area (Å²) in [7, 11) is 0. The summed E-state index contributed by atoms with van der Waals surface area (Å²) in [6, 6.07) is 0. The SMILES string of the molecule is CC1C[C@@H](C(=O)O)CC[C@@]1(C)C(=O)O. The van der Waals surface area contributed by atoms with Crippen LogP contribution in [0.1, 0.15) is 33.1 Å². The maximum absolute atomic E-state index is 11.0. The zero-order valence-corrected chi connectivity index (χ0v) is 8.49. The minimum Gasteiger partial charge on any atom is -0.481 e. The monoisotopic (exact) mass is 200 g/mol. The molecule has 0 aromatic carbocycles. The second-order valence-corrected chi connectivity index (χ2v) is 4.43. The average molecular weight is 200 g/mol. The molecule has 14 heavy (non-hydrogen) atoms. The van der Waals surface area contributed by atoms with Crippen LogP contribution < -0.4 is 0 Å². The Morgan fingerprint density at radius 2 is 1.93 bits per heavy atom. The van der Waals surface area contributed by atoms with Gasteiger partial charge in [0.05, 0.1) is 11.3 Å². The molecule has 2 N–H and O–H groups in total. The quantitative estimate of drug-likeness (QED) is 0.710. The predicted molar refractivity (Wildman–Crippen MR) is 49.9 cm³/mol. The summed E-state index contributed by atoms with van der Waals surface area (Å²) in [5.41, 5.74) is -0.744. The van der Waals surface area contributed by atoms with E-state index in [9.17, 15) is 9.59 Å². The third-order valence-corrected chi connectivity index (χ3v) is 3.58. The normalized spacial score (nSPS) is 37.9. The van der Waals surface area contributed by atoms with E-state index in [1.807, 2.05) is 6.92 Å². The Labute approximate surface area is 82.9 Å². The molecule has 0 saturated heterocycles. The molecule has 1 saturated carbocycles. The molecule has 1 fully saturated rings. The van der Waals surface area contributed by atoms with Gasteiger partial charge in [-0.15, -0.1) is 0 Å². The van der Waals surface area contributed by atoms with Crippen molar-refractivity contribution in [3.63, 3.8) is 0 Å². The number of aliphatic carboxylic acids is 2. The molecule has 0 heterocycles. The van der Waals surface area contributed by atoms with Crippen LogP contribution >= 0.6 is 0 Å². The van der Waals surface area contributed by atoms with Crippen molar-refractivity contribution >= 4 is 11.9 Å². The first-order valence-electron chi connectivity index (χ1n) is 4.84. The van der Waals surface area contributed by atoms with Crippen LogP contribution in [0.25, 0.3) is 0 Å². The number of carboxylic acids is 2. The zero-order chi connectivity index (χ0) is 10.9. The molecule has 0 aliphatic heterocycles. The van der Waals surface area contributed by atoms with Gasteiger partial charge in [-0.1, -0.05) is 6.92 Å². The van der Waals surface area contributed by atoms with Crippen molar-refractivity contribution in [3.8, 4) is 0 Å². The maximum atomic E-state index is 11.0. The van der Waals surface area contributed by atoms with E-state index in [4.69, 9.17) is 10.2 Å². The van der Waals surface area contributed by atoms with E-state index >= 15 is 0 Å². The Balaban J connectivity index is 2.74. The lowest BCUT2D eigenvalue weighted by atomic mass is 9.65. The van der Waals surface area contributed by atoms with Crippen molar-refractivity contribution in [2.45, 2.75) is 33.1 Å². The van der Waals surface area contributed by atoms with Gasteiger partial charge >= 0.3 is 11.9 Å². The summed E-state index contributed by atoms with van der Waals surface area (Å²) in [5, 5.41) is 17.9. The predicted octanol–water partition coefficient (Wildman–Crippen LogP) is 1.60. The van der Waals surface area contributed by atoms with Gasteiger partial charge in [0, 0.05) is 0 Å². The number of carbonyl (C=O) groups is 2. The lowest BCUT2D eigenvalue weighted by Crippen LogP contribution is -2.40. The van der Waals surface area contributed by atoms with Crippen molar-refractivity contribution < 1.29 is 19.8 Å². The molecule has 4 nitrogen and oxygen atoms in total. The van der Waals surface area contributed by atoms with Crippen LogP contribution in [0.15, 0.2) is 0 Å². The molecule has 80 valence electrons.